The van der Waals surface area contributed by atoms with E-state index in [0.29, 0.717) is 41.3 Å². The zero-order valence-corrected chi connectivity index (χ0v) is 20.4. The quantitative estimate of drug-likeness (QED) is 0.384. The van der Waals surface area contributed by atoms with Gasteiger partial charge in [-0.2, -0.15) is 4.98 Å². The van der Waals surface area contributed by atoms with Crippen LogP contribution in [0, 0.1) is 5.92 Å². The van der Waals surface area contributed by atoms with Crippen LogP contribution < -0.4 is 25.4 Å². The summed E-state index contributed by atoms with van der Waals surface area (Å²) in [5.41, 5.74) is 7.03. The molecule has 1 saturated carbocycles. The van der Waals surface area contributed by atoms with Crippen molar-refractivity contribution in [3.05, 3.63) is 12.1 Å². The molecule has 3 fully saturated rings. The summed E-state index contributed by atoms with van der Waals surface area (Å²) in [5.74, 6) is 0.0394. The van der Waals surface area contributed by atoms with Gasteiger partial charge in [-0.1, -0.05) is 0 Å². The summed E-state index contributed by atoms with van der Waals surface area (Å²) in [5, 5.41) is 4.12. The molecule has 1 unspecified atom stereocenters. The number of fused-ring (bicyclic) bond motifs is 1. The van der Waals surface area contributed by atoms with Gasteiger partial charge in [0, 0.05) is 43.9 Å². The summed E-state index contributed by atoms with van der Waals surface area (Å²) in [6.07, 6.45) is 5.03. The van der Waals surface area contributed by atoms with Gasteiger partial charge in [0.15, 0.2) is 11.5 Å². The van der Waals surface area contributed by atoms with Crippen LogP contribution in [0.25, 0.3) is 10.9 Å². The molecule has 2 aromatic rings. The molecule has 0 amide bonds. The van der Waals surface area contributed by atoms with E-state index in [9.17, 15) is 8.78 Å². The van der Waals surface area contributed by atoms with E-state index < -0.39 is 5.92 Å². The molecule has 0 radical (unpaired) electrons. The number of halogens is 2. The van der Waals surface area contributed by atoms with Crippen LogP contribution in [-0.2, 0) is 0 Å². The molecule has 5 rings (SSSR count). The summed E-state index contributed by atoms with van der Waals surface area (Å²) < 4.78 is 39.2. The molecule has 0 spiro atoms. The van der Waals surface area contributed by atoms with Crippen LogP contribution in [0.2, 0.25) is 0 Å². The van der Waals surface area contributed by atoms with E-state index in [1.165, 1.54) is 25.9 Å². The first-order chi connectivity index (χ1) is 16.9. The number of nitrogens with zero attached hydrogens (tertiary/aromatic N) is 4. The molecule has 35 heavy (non-hydrogen) atoms. The first-order valence-electron chi connectivity index (χ1n) is 12.8. The minimum Gasteiger partial charge on any atom is -0.493 e. The minimum atomic E-state index is -2.63. The maximum Gasteiger partial charge on any atom is 0.251 e. The molecule has 3 N–H and O–H groups in total. The van der Waals surface area contributed by atoms with E-state index in [4.69, 9.17) is 25.2 Å². The van der Waals surface area contributed by atoms with Crippen LogP contribution in [0.3, 0.4) is 0 Å². The predicted molar refractivity (Wildman–Crippen MR) is 133 cm³/mol. The number of ether oxygens (including phenoxy) is 2. The third kappa shape index (κ3) is 5.86. The second-order valence-corrected chi connectivity index (χ2v) is 9.99. The summed E-state index contributed by atoms with van der Waals surface area (Å²) in [7, 11) is 1.62. The minimum absolute atomic E-state index is 0.202. The number of piperidine rings is 1. The van der Waals surface area contributed by atoms with Gasteiger partial charge in [-0.3, -0.25) is 0 Å². The average Bonchev–Trinajstić information content (AvgIpc) is 3.57. The molecule has 8 nitrogen and oxygen atoms in total. The van der Waals surface area contributed by atoms with Gasteiger partial charge in [0.05, 0.1) is 25.4 Å². The normalized spacial score (nSPS) is 21.3. The molecule has 0 bridgehead atoms. The summed E-state index contributed by atoms with van der Waals surface area (Å²) in [6, 6.07) is 3.74. The Kier molecular flexibility index (Phi) is 7.11. The highest BCUT2D eigenvalue weighted by molar-refractivity contribution is 5.93. The Morgan fingerprint density at radius 2 is 1.86 bits per heavy atom. The van der Waals surface area contributed by atoms with Crippen LogP contribution >= 0.6 is 0 Å². The summed E-state index contributed by atoms with van der Waals surface area (Å²) in [6.45, 7) is 4.36. The molecule has 1 atom stereocenters. The second-order valence-electron chi connectivity index (χ2n) is 9.99. The topological polar surface area (TPSA) is 88.8 Å². The number of anilines is 2. The van der Waals surface area contributed by atoms with Crippen molar-refractivity contribution in [2.45, 2.75) is 57.0 Å². The molecule has 3 aliphatic rings. The zero-order chi connectivity index (χ0) is 24.4. The highest BCUT2D eigenvalue weighted by Crippen LogP contribution is 2.38. The van der Waals surface area contributed by atoms with Gasteiger partial charge in [-0.25, -0.2) is 13.8 Å². The van der Waals surface area contributed by atoms with Crippen LogP contribution in [0.15, 0.2) is 12.1 Å². The maximum atomic E-state index is 13.7. The van der Waals surface area contributed by atoms with Gasteiger partial charge in [0.25, 0.3) is 5.92 Å². The van der Waals surface area contributed by atoms with Crippen molar-refractivity contribution in [1.29, 1.82) is 0 Å². The van der Waals surface area contributed by atoms with Crippen molar-refractivity contribution >= 4 is 22.7 Å². The molecule has 2 aliphatic heterocycles. The highest BCUT2D eigenvalue weighted by atomic mass is 19.3. The Balaban J connectivity index is 1.40. The molecule has 2 saturated heterocycles. The number of likely N-dealkylation sites (tertiary alicyclic amines) is 1. The van der Waals surface area contributed by atoms with Crippen molar-refractivity contribution in [3.63, 3.8) is 0 Å². The van der Waals surface area contributed by atoms with Crippen molar-refractivity contribution in [1.82, 2.24) is 14.9 Å². The molecule has 192 valence electrons. The number of rotatable bonds is 10. The first kappa shape index (κ1) is 24.2. The maximum absolute atomic E-state index is 13.7. The molecule has 1 aromatic heterocycles. The van der Waals surface area contributed by atoms with E-state index in [0.717, 1.165) is 31.2 Å². The van der Waals surface area contributed by atoms with Crippen molar-refractivity contribution in [3.8, 4) is 11.5 Å². The van der Waals surface area contributed by atoms with Crippen LogP contribution in [0.1, 0.15) is 44.9 Å². The molecular formula is C25H36F2N6O2. The van der Waals surface area contributed by atoms with Crippen LogP contribution in [0.4, 0.5) is 20.5 Å². The SMILES string of the molecule is COc1cc2c(NC(N)C3CC3)nc(N3CCC(F)(F)CC3)nc2cc1OCCCN1CCCC1. The summed E-state index contributed by atoms with van der Waals surface area (Å²) >= 11 is 0. The smallest absolute Gasteiger partial charge is 0.251 e. The number of nitrogens with one attached hydrogen (secondary N) is 1. The van der Waals surface area contributed by atoms with Gasteiger partial charge in [-0.15, -0.1) is 0 Å². The third-order valence-corrected chi connectivity index (χ3v) is 7.26. The van der Waals surface area contributed by atoms with Crippen molar-refractivity contribution in [2.24, 2.45) is 11.7 Å². The lowest BCUT2D eigenvalue weighted by molar-refractivity contribution is -0.0222. The number of benzene rings is 1. The first-order valence-corrected chi connectivity index (χ1v) is 12.8. The molecule has 1 aromatic carbocycles. The molecule has 1 aliphatic carbocycles. The number of hydrogen-bond acceptors (Lipinski definition) is 8. The molecular weight excluding hydrogens is 454 g/mol. The number of aromatic nitrogens is 2. The van der Waals surface area contributed by atoms with Crippen molar-refractivity contribution in [2.75, 3.05) is 56.7 Å². The Bertz CT molecular complexity index is 1020. The van der Waals surface area contributed by atoms with Gasteiger partial charge in [-0.05, 0) is 57.2 Å². The van der Waals surface area contributed by atoms with Crippen molar-refractivity contribution < 1.29 is 18.3 Å². The fraction of sp³-hybridized carbons (Fsp3) is 0.680. The van der Waals surface area contributed by atoms with Gasteiger partial charge < -0.3 is 30.3 Å². The number of hydrogen-bond donors (Lipinski definition) is 2. The average molecular weight is 491 g/mol. The molecule has 3 heterocycles. The number of nitrogens with two attached hydrogens (primary N) is 1. The highest BCUT2D eigenvalue weighted by Gasteiger charge is 2.35. The van der Waals surface area contributed by atoms with E-state index in [1.807, 2.05) is 17.0 Å². The predicted octanol–water partition coefficient (Wildman–Crippen LogP) is 3.85. The van der Waals surface area contributed by atoms with Gasteiger partial charge in [0.2, 0.25) is 5.95 Å². The second kappa shape index (κ2) is 10.3. The van der Waals surface area contributed by atoms with Crippen LogP contribution in [-0.4, -0.2) is 73.4 Å². The molecule has 10 heteroatoms. The van der Waals surface area contributed by atoms with E-state index in [1.54, 1.807) is 7.11 Å². The lowest BCUT2D eigenvalue weighted by atomic mass is 10.1. The Morgan fingerprint density at radius 3 is 2.54 bits per heavy atom. The summed E-state index contributed by atoms with van der Waals surface area (Å²) in [4.78, 5) is 13.8. The van der Waals surface area contributed by atoms with E-state index in [2.05, 4.69) is 10.2 Å². The Morgan fingerprint density at radius 1 is 1.11 bits per heavy atom. The largest absolute Gasteiger partial charge is 0.493 e. The zero-order valence-electron chi connectivity index (χ0n) is 20.4. The standard InChI is InChI=1S/C25H36F2N6O2/c1-34-20-15-18-19(16-21(20)35-14-4-11-32-9-2-3-10-32)29-24(33-12-7-25(26,27)8-13-33)31-23(18)30-22(28)17-5-6-17/h15-17,22H,2-14,28H2,1H3,(H,29,30,31). The lowest BCUT2D eigenvalue weighted by Gasteiger charge is -2.32. The Labute approximate surface area is 205 Å². The van der Waals surface area contributed by atoms with E-state index >= 15 is 0 Å². The number of methoxy groups -OCH3 is 1. The number of alkyl halides is 2. The fourth-order valence-corrected chi connectivity index (χ4v) is 4.89. The van der Waals surface area contributed by atoms with Crippen LogP contribution in [0.5, 0.6) is 11.5 Å². The van der Waals surface area contributed by atoms with Gasteiger partial charge >= 0.3 is 0 Å². The van der Waals surface area contributed by atoms with E-state index in [-0.39, 0.29) is 32.1 Å². The lowest BCUT2D eigenvalue weighted by Crippen LogP contribution is -2.40. The Hall–Kier alpha value is -2.46. The monoisotopic (exact) mass is 490 g/mol. The third-order valence-electron chi connectivity index (χ3n) is 7.26. The fourth-order valence-electron chi connectivity index (χ4n) is 4.89. The van der Waals surface area contributed by atoms with Gasteiger partial charge in [0.1, 0.15) is 5.82 Å².